The highest BCUT2D eigenvalue weighted by Crippen LogP contribution is 2.52. The second kappa shape index (κ2) is 24.2. The monoisotopic (exact) mass is 1260 g/mol. The quantitative estimate of drug-likeness (QED) is 0.122. The predicted octanol–water partition coefficient (Wildman–Crippen LogP) is 24.7. The molecule has 0 saturated carbocycles. The van der Waals surface area contributed by atoms with Crippen LogP contribution >= 0.6 is 0 Å². The molecule has 1 aliphatic rings. The van der Waals surface area contributed by atoms with Gasteiger partial charge < -0.3 is 4.57 Å². The molecule has 12 aromatic carbocycles. The van der Waals surface area contributed by atoms with E-state index in [1.54, 1.807) is 0 Å². The highest BCUT2D eigenvalue weighted by molar-refractivity contribution is 6.12. The highest BCUT2D eigenvalue weighted by atomic mass is 19.1. The van der Waals surface area contributed by atoms with Crippen LogP contribution in [0.15, 0.2) is 316 Å². The Bertz CT molecular complexity index is 5650. The lowest BCUT2D eigenvalue weighted by atomic mass is 9.82. The number of hydrogen-bond acceptors (Lipinski definition) is 3. The van der Waals surface area contributed by atoms with Crippen LogP contribution in [0.25, 0.3) is 161 Å². The fourth-order valence-electron chi connectivity index (χ4n) is 15.4. The molecule has 466 valence electrons. The number of aromatic nitrogens is 4. The Morgan fingerprint density at radius 1 is 0.276 bits per heavy atom. The lowest BCUT2D eigenvalue weighted by molar-refractivity contribution is 0.628. The van der Waals surface area contributed by atoms with E-state index >= 15 is 0 Å². The molecule has 4 heterocycles. The Kier molecular flexibility index (Phi) is 14.7. The molecular weight excluding hydrogens is 1190 g/mol. The van der Waals surface area contributed by atoms with E-state index in [4.69, 9.17) is 15.0 Å². The van der Waals surface area contributed by atoms with Gasteiger partial charge in [-0.15, -0.1) is 0 Å². The van der Waals surface area contributed by atoms with Crippen molar-refractivity contribution in [2.45, 2.75) is 40.0 Å². The van der Waals surface area contributed by atoms with Gasteiger partial charge in [-0.3, -0.25) is 15.0 Å². The summed E-state index contributed by atoms with van der Waals surface area (Å²) < 4.78 is 16.7. The van der Waals surface area contributed by atoms with Gasteiger partial charge in [0.05, 0.1) is 28.1 Å². The van der Waals surface area contributed by atoms with E-state index in [1.165, 1.54) is 78.4 Å². The van der Waals surface area contributed by atoms with Crippen molar-refractivity contribution in [2.75, 3.05) is 0 Å². The Balaban J connectivity index is 0.844. The van der Waals surface area contributed by atoms with Gasteiger partial charge in [-0.25, -0.2) is 4.39 Å². The van der Waals surface area contributed by atoms with Gasteiger partial charge in [0.25, 0.3) is 0 Å². The third-order valence-electron chi connectivity index (χ3n) is 20.3. The average molecular weight is 1260 g/mol. The fraction of sp³-hybridized carbons (Fsp3) is 0.0645. The molecule has 16 aromatic rings. The van der Waals surface area contributed by atoms with Crippen molar-refractivity contribution in [2.24, 2.45) is 0 Å². The number of para-hydroxylation sites is 1. The number of pyridine rings is 3. The molecular formula is C93H67FN4. The molecule has 17 rings (SSSR count). The van der Waals surface area contributed by atoms with Crippen LogP contribution in [0.3, 0.4) is 0 Å². The zero-order valence-electron chi connectivity index (χ0n) is 55.2. The van der Waals surface area contributed by atoms with E-state index in [9.17, 15) is 4.39 Å². The van der Waals surface area contributed by atoms with E-state index in [0.29, 0.717) is 0 Å². The molecule has 0 atom stereocenters. The fourth-order valence-corrected chi connectivity index (χ4v) is 15.4. The number of rotatable bonds is 12. The molecule has 5 heteroatoms. The largest absolute Gasteiger partial charge is 0.309 e. The predicted molar refractivity (Wildman–Crippen MR) is 406 cm³/mol. The van der Waals surface area contributed by atoms with Gasteiger partial charge in [-0.2, -0.15) is 0 Å². The van der Waals surface area contributed by atoms with E-state index in [2.05, 4.69) is 288 Å². The minimum Gasteiger partial charge on any atom is -0.309 e. The molecule has 0 spiro atoms. The second-order valence-electron chi connectivity index (χ2n) is 26.6. The van der Waals surface area contributed by atoms with Crippen molar-refractivity contribution < 1.29 is 4.39 Å². The number of aryl methyl sites for hydroxylation is 3. The zero-order chi connectivity index (χ0) is 66.2. The molecule has 0 amide bonds. The summed E-state index contributed by atoms with van der Waals surface area (Å²) in [6.07, 6.45) is 5.64. The third-order valence-corrected chi connectivity index (χ3v) is 20.3. The van der Waals surface area contributed by atoms with Gasteiger partial charge in [0.15, 0.2) is 0 Å². The average Bonchev–Trinajstić information content (AvgIpc) is 1.53. The first-order valence-corrected chi connectivity index (χ1v) is 33.6. The van der Waals surface area contributed by atoms with Crippen LogP contribution in [0.2, 0.25) is 0 Å². The molecule has 0 N–H and O–H groups in total. The zero-order valence-corrected chi connectivity index (χ0v) is 55.2. The van der Waals surface area contributed by atoms with E-state index in [0.717, 1.165) is 123 Å². The lowest BCUT2D eigenvalue weighted by Crippen LogP contribution is -2.14. The first kappa shape index (κ1) is 59.6. The van der Waals surface area contributed by atoms with Crippen LogP contribution in [0.5, 0.6) is 0 Å². The number of nitrogens with zero attached hydrogens (tertiary/aromatic N) is 4. The number of hydrogen-bond donors (Lipinski definition) is 0. The Morgan fingerprint density at radius 3 is 1.28 bits per heavy atom. The maximum atomic E-state index is 14.2. The van der Waals surface area contributed by atoms with Crippen molar-refractivity contribution in [1.82, 2.24) is 19.5 Å². The first-order valence-electron chi connectivity index (χ1n) is 33.6. The lowest BCUT2D eigenvalue weighted by Gasteiger charge is -2.21. The smallest absolute Gasteiger partial charge is 0.123 e. The van der Waals surface area contributed by atoms with Crippen molar-refractivity contribution >= 4 is 21.8 Å². The summed E-state index contributed by atoms with van der Waals surface area (Å²) >= 11 is 0. The topological polar surface area (TPSA) is 43.6 Å². The van der Waals surface area contributed by atoms with Crippen molar-refractivity contribution in [3.63, 3.8) is 0 Å². The molecule has 1 aliphatic carbocycles. The SMILES string of the molecule is Cc1cc(-c2ccc(-c3ccccc3-c3cc(-c4ccccc4-c4ccc(-c5ccccn5)cc4C)cc(-c4ccccc4-c4ccc(-c5ccccn5)cc4C)c3)c(-c3ccc(-n4c5ccccc5c5cc6c(cc54)C(C)(C)c4ccccc4-6)cc3)c2)ncc1-c1ccc(F)cc1. The van der Waals surface area contributed by atoms with Crippen LogP contribution in [0.1, 0.15) is 41.7 Å². The summed E-state index contributed by atoms with van der Waals surface area (Å²) in [5.74, 6) is -0.264. The molecule has 98 heavy (non-hydrogen) atoms. The minimum atomic E-state index is -0.264. The molecule has 0 saturated heterocycles. The molecule has 0 unspecified atom stereocenters. The first-order chi connectivity index (χ1) is 48.0. The standard InChI is InChI=1S/C93H67FN4/c1-58-48-63(88-29-16-18-46-95-88)36-43-71(58)76-23-9-6-20-73(76)66-51-67(74-21-7-10-24-77(74)72-44-37-64(49-59(72)2)89-30-17-19-47-96-89)53-68(52-66)75-22-8-11-25-78(75)79-45-38-65(90-50-60(3)85(57-97-90)62-32-39-69(94)40-33-62)54-82(79)61-34-41-70(42-35-61)98-91-31-15-13-27-81(91)84-55-83-80-26-12-14-28-86(80)93(4,5)87(83)56-92(84)98/h6-57H,1-5H3. The van der Waals surface area contributed by atoms with Gasteiger partial charge in [0.1, 0.15) is 5.82 Å². The van der Waals surface area contributed by atoms with Gasteiger partial charge >= 0.3 is 0 Å². The van der Waals surface area contributed by atoms with Gasteiger partial charge in [0.2, 0.25) is 0 Å². The van der Waals surface area contributed by atoms with Gasteiger partial charge in [0, 0.05) is 62.7 Å². The van der Waals surface area contributed by atoms with Crippen molar-refractivity contribution in [3.05, 3.63) is 349 Å². The van der Waals surface area contributed by atoms with Crippen LogP contribution < -0.4 is 0 Å². The number of halogens is 1. The Hall–Kier alpha value is -12.2. The number of fused-ring (bicyclic) bond motifs is 6. The summed E-state index contributed by atoms with van der Waals surface area (Å²) in [4.78, 5) is 14.6. The van der Waals surface area contributed by atoms with Gasteiger partial charge in [-0.05, 0) is 252 Å². The Morgan fingerprint density at radius 2 is 0.724 bits per heavy atom. The van der Waals surface area contributed by atoms with Gasteiger partial charge in [-0.1, -0.05) is 202 Å². The molecule has 0 fully saturated rings. The summed E-state index contributed by atoms with van der Waals surface area (Å²) in [5.41, 5.74) is 35.5. The molecule has 0 radical (unpaired) electrons. The summed E-state index contributed by atoms with van der Waals surface area (Å²) in [7, 11) is 0. The van der Waals surface area contributed by atoms with Crippen LogP contribution in [0, 0.1) is 26.6 Å². The third kappa shape index (κ3) is 10.4. The summed E-state index contributed by atoms with van der Waals surface area (Å²) in [5, 5.41) is 2.47. The van der Waals surface area contributed by atoms with Crippen LogP contribution in [0.4, 0.5) is 4.39 Å². The molecule has 4 nitrogen and oxygen atoms in total. The maximum absolute atomic E-state index is 14.2. The van der Waals surface area contributed by atoms with E-state index < -0.39 is 0 Å². The van der Waals surface area contributed by atoms with Crippen LogP contribution in [-0.4, -0.2) is 19.5 Å². The highest BCUT2D eigenvalue weighted by Gasteiger charge is 2.36. The Labute approximate surface area is 571 Å². The van der Waals surface area contributed by atoms with Crippen molar-refractivity contribution in [3.8, 4) is 140 Å². The van der Waals surface area contributed by atoms with E-state index in [-0.39, 0.29) is 11.2 Å². The summed E-state index contributed by atoms with van der Waals surface area (Å²) in [6, 6.07) is 107. The van der Waals surface area contributed by atoms with Crippen LogP contribution in [-0.2, 0) is 5.41 Å². The van der Waals surface area contributed by atoms with Crippen molar-refractivity contribution in [1.29, 1.82) is 0 Å². The minimum absolute atomic E-state index is 0.157. The summed E-state index contributed by atoms with van der Waals surface area (Å²) in [6.45, 7) is 11.2. The van der Waals surface area contributed by atoms with E-state index in [1.807, 2.05) is 55.0 Å². The normalized spacial score (nSPS) is 12.3. The maximum Gasteiger partial charge on any atom is 0.123 e. The molecule has 0 aliphatic heterocycles. The number of benzene rings is 12. The molecule has 4 aromatic heterocycles. The molecule has 0 bridgehead atoms. The second-order valence-corrected chi connectivity index (χ2v) is 26.6.